The molecule has 1 aliphatic rings. The minimum absolute atomic E-state index is 0.0864. The Balaban J connectivity index is 1.83. The van der Waals surface area contributed by atoms with Crippen molar-refractivity contribution < 1.29 is 0 Å². The Morgan fingerprint density at radius 2 is 1.88 bits per heavy atom. The van der Waals surface area contributed by atoms with Gasteiger partial charge in [-0.1, -0.05) is 20.8 Å². The first-order valence-electron chi connectivity index (χ1n) is 9.43. The van der Waals surface area contributed by atoms with E-state index < -0.39 is 0 Å². The maximum Gasteiger partial charge on any atom is 0.163 e. The zero-order valence-corrected chi connectivity index (χ0v) is 16.6. The van der Waals surface area contributed by atoms with Crippen LogP contribution in [-0.4, -0.2) is 57.4 Å². The third kappa shape index (κ3) is 3.78. The number of hydrogen-bond acceptors (Lipinski definition) is 5. The normalized spacial score (nSPS) is 17.4. The minimum Gasteiger partial charge on any atom is -0.359 e. The van der Waals surface area contributed by atoms with Crippen molar-refractivity contribution in [1.29, 1.82) is 0 Å². The highest BCUT2D eigenvalue weighted by atomic mass is 15.3. The van der Waals surface area contributed by atoms with Gasteiger partial charge in [0.25, 0.3) is 0 Å². The van der Waals surface area contributed by atoms with E-state index in [9.17, 15) is 0 Å². The summed E-state index contributed by atoms with van der Waals surface area (Å²) < 4.78 is 1.84. The maximum absolute atomic E-state index is 4.91. The Kier molecular flexibility index (Phi) is 5.00. The van der Waals surface area contributed by atoms with Gasteiger partial charge in [-0.05, 0) is 39.3 Å². The Morgan fingerprint density at radius 1 is 1.20 bits per heavy atom. The Hall–Kier alpha value is -1.69. The van der Waals surface area contributed by atoms with Gasteiger partial charge >= 0.3 is 0 Å². The van der Waals surface area contributed by atoms with Gasteiger partial charge in [0, 0.05) is 32.1 Å². The van der Waals surface area contributed by atoms with E-state index in [2.05, 4.69) is 49.6 Å². The number of rotatable bonds is 5. The van der Waals surface area contributed by atoms with Crippen molar-refractivity contribution in [1.82, 2.24) is 24.6 Å². The molecule has 2 aromatic heterocycles. The van der Waals surface area contributed by atoms with Crippen molar-refractivity contribution in [2.24, 2.45) is 7.05 Å². The lowest BCUT2D eigenvalue weighted by molar-refractivity contribution is 0.249. The first-order valence-corrected chi connectivity index (χ1v) is 9.43. The van der Waals surface area contributed by atoms with Crippen molar-refractivity contribution in [2.75, 3.05) is 31.6 Å². The monoisotopic (exact) mass is 344 g/mol. The number of aromatic nitrogens is 4. The van der Waals surface area contributed by atoms with E-state index >= 15 is 0 Å². The summed E-state index contributed by atoms with van der Waals surface area (Å²) in [5, 5.41) is 5.43. The molecule has 0 unspecified atom stereocenters. The number of fused-ring (bicyclic) bond motifs is 1. The predicted octanol–water partition coefficient (Wildman–Crippen LogP) is 2.97. The molecule has 2 aromatic rings. The first kappa shape index (κ1) is 18.1. The van der Waals surface area contributed by atoms with Crippen LogP contribution in [0.3, 0.4) is 0 Å². The zero-order chi connectivity index (χ0) is 18.2. The second-order valence-corrected chi connectivity index (χ2v) is 8.43. The predicted molar refractivity (Wildman–Crippen MR) is 103 cm³/mol. The molecule has 138 valence electrons. The van der Waals surface area contributed by atoms with Gasteiger partial charge in [-0.25, -0.2) is 9.97 Å². The summed E-state index contributed by atoms with van der Waals surface area (Å²) in [7, 11) is 4.08. The van der Waals surface area contributed by atoms with Gasteiger partial charge in [0.15, 0.2) is 5.65 Å². The van der Waals surface area contributed by atoms with Gasteiger partial charge in [-0.15, -0.1) is 0 Å². The van der Waals surface area contributed by atoms with Crippen molar-refractivity contribution in [3.05, 3.63) is 12.0 Å². The molecule has 0 saturated carbocycles. The Labute approximate surface area is 151 Å². The molecule has 1 saturated heterocycles. The Bertz CT molecular complexity index is 723. The van der Waals surface area contributed by atoms with Gasteiger partial charge < -0.3 is 9.80 Å². The zero-order valence-electron chi connectivity index (χ0n) is 16.6. The fourth-order valence-corrected chi connectivity index (χ4v) is 3.48. The van der Waals surface area contributed by atoms with Crippen LogP contribution < -0.4 is 4.90 Å². The molecule has 0 spiro atoms. The van der Waals surface area contributed by atoms with E-state index in [1.54, 1.807) is 0 Å². The maximum atomic E-state index is 4.91. The van der Waals surface area contributed by atoms with Gasteiger partial charge in [0.1, 0.15) is 11.6 Å². The van der Waals surface area contributed by atoms with Crippen LogP contribution >= 0.6 is 0 Å². The van der Waals surface area contributed by atoms with E-state index in [1.807, 2.05) is 17.9 Å². The van der Waals surface area contributed by atoms with Crippen LogP contribution in [0, 0.1) is 0 Å². The summed E-state index contributed by atoms with van der Waals surface area (Å²) in [6.07, 6.45) is 5.72. The number of likely N-dealkylation sites (tertiary alicyclic amines) is 1. The average molecular weight is 345 g/mol. The van der Waals surface area contributed by atoms with E-state index in [4.69, 9.17) is 9.97 Å². The average Bonchev–Trinajstić information content (AvgIpc) is 3.21. The lowest BCUT2D eigenvalue weighted by Gasteiger charge is -2.27. The molecule has 0 N–H and O–H groups in total. The SMILES string of the molecule is C[C@@H](CCN(C)c1nc(C(C)(C)C)nc2c1cnn2C)N1CCCC1. The highest BCUT2D eigenvalue weighted by molar-refractivity contribution is 5.86. The van der Waals surface area contributed by atoms with E-state index in [0.29, 0.717) is 6.04 Å². The fourth-order valence-electron chi connectivity index (χ4n) is 3.48. The molecule has 0 bridgehead atoms. The van der Waals surface area contributed by atoms with Crippen molar-refractivity contribution in [3.63, 3.8) is 0 Å². The smallest absolute Gasteiger partial charge is 0.163 e. The van der Waals surface area contributed by atoms with Crippen LogP contribution in [0.2, 0.25) is 0 Å². The molecule has 25 heavy (non-hydrogen) atoms. The Morgan fingerprint density at radius 3 is 2.52 bits per heavy atom. The van der Waals surface area contributed by atoms with E-state index in [-0.39, 0.29) is 5.41 Å². The molecular formula is C19H32N6. The largest absolute Gasteiger partial charge is 0.359 e. The fraction of sp³-hybridized carbons (Fsp3) is 0.737. The topological polar surface area (TPSA) is 50.1 Å². The summed E-state index contributed by atoms with van der Waals surface area (Å²) >= 11 is 0. The molecule has 6 nitrogen and oxygen atoms in total. The van der Waals surface area contributed by atoms with Crippen LogP contribution in [0.4, 0.5) is 5.82 Å². The quantitative estimate of drug-likeness (QED) is 0.834. The summed E-state index contributed by atoms with van der Waals surface area (Å²) in [6.45, 7) is 12.3. The molecule has 6 heteroatoms. The summed E-state index contributed by atoms with van der Waals surface area (Å²) in [5.41, 5.74) is 0.825. The lowest BCUT2D eigenvalue weighted by Crippen LogP contribution is -2.34. The third-order valence-corrected chi connectivity index (χ3v) is 5.25. The molecule has 1 atom stereocenters. The molecular weight excluding hydrogens is 312 g/mol. The van der Waals surface area contributed by atoms with Gasteiger partial charge in [0.05, 0.1) is 11.6 Å². The molecule has 0 amide bonds. The number of hydrogen-bond donors (Lipinski definition) is 0. The van der Waals surface area contributed by atoms with Gasteiger partial charge in [-0.3, -0.25) is 4.68 Å². The summed E-state index contributed by atoms with van der Waals surface area (Å²) in [5.74, 6) is 1.87. The molecule has 0 aromatic carbocycles. The molecule has 3 heterocycles. The third-order valence-electron chi connectivity index (χ3n) is 5.25. The van der Waals surface area contributed by atoms with Crippen LogP contribution in [0.25, 0.3) is 11.0 Å². The van der Waals surface area contributed by atoms with Crippen LogP contribution in [0.15, 0.2) is 6.20 Å². The summed E-state index contributed by atoms with van der Waals surface area (Å²) in [4.78, 5) is 14.5. The first-order chi connectivity index (χ1) is 11.8. The summed E-state index contributed by atoms with van der Waals surface area (Å²) in [6, 6.07) is 0.623. The number of aryl methyl sites for hydroxylation is 1. The van der Waals surface area contributed by atoms with Crippen LogP contribution in [-0.2, 0) is 12.5 Å². The van der Waals surface area contributed by atoms with Gasteiger partial charge in [-0.2, -0.15) is 5.10 Å². The minimum atomic E-state index is -0.0864. The van der Waals surface area contributed by atoms with Crippen LogP contribution in [0.1, 0.15) is 52.8 Å². The lowest BCUT2D eigenvalue weighted by atomic mass is 9.95. The second kappa shape index (κ2) is 6.90. The highest BCUT2D eigenvalue weighted by Crippen LogP contribution is 2.28. The van der Waals surface area contributed by atoms with Crippen molar-refractivity contribution in [2.45, 2.75) is 58.4 Å². The van der Waals surface area contributed by atoms with Crippen LogP contribution in [0.5, 0.6) is 0 Å². The number of nitrogens with zero attached hydrogens (tertiary/aromatic N) is 6. The molecule has 3 rings (SSSR count). The standard InChI is InChI=1S/C19H32N6/c1-14(25-10-7-8-11-25)9-12-23(5)16-15-13-20-24(6)17(15)22-18(21-16)19(2,3)4/h13-14H,7-12H2,1-6H3/t14-/m0/s1. The number of anilines is 1. The molecule has 1 aliphatic heterocycles. The molecule has 1 fully saturated rings. The second-order valence-electron chi connectivity index (χ2n) is 8.43. The highest BCUT2D eigenvalue weighted by Gasteiger charge is 2.23. The molecule has 0 aliphatic carbocycles. The van der Waals surface area contributed by atoms with E-state index in [0.717, 1.165) is 35.6 Å². The van der Waals surface area contributed by atoms with Gasteiger partial charge in [0.2, 0.25) is 0 Å². The van der Waals surface area contributed by atoms with Crippen molar-refractivity contribution >= 4 is 16.9 Å². The molecule has 0 radical (unpaired) electrons. The van der Waals surface area contributed by atoms with Crippen molar-refractivity contribution in [3.8, 4) is 0 Å². The van der Waals surface area contributed by atoms with E-state index in [1.165, 1.54) is 25.9 Å².